The van der Waals surface area contributed by atoms with Crippen molar-refractivity contribution in [1.82, 2.24) is 19.9 Å². The highest BCUT2D eigenvalue weighted by Crippen LogP contribution is 2.41. The minimum Gasteiger partial charge on any atom is -0.494 e. The number of benzene rings is 2. The molecule has 1 atom stereocenters. The maximum Gasteiger partial charge on any atom is 0.229 e. The molecule has 1 fully saturated rings. The number of methoxy groups -OCH3 is 1. The minimum absolute atomic E-state index is 0.399. The Balaban J connectivity index is 1.49. The molecule has 1 aliphatic heterocycles. The standard InChI is InChI=1S/C32H40N7O2P/c1-8-21-16-26(28(41-5)17-27(21)39-15-12-23(19-39)20(3)4)37-32-35-18-22(9-2)31(38-32)36-25-11-10-24-29(34-14-13-33-24)30(25)42(6,7)40/h9-11,13-14,16-18,20,23H,2,8,12,15,19H2,1,3-7H3,(H2,35,36,37,38). The zero-order chi connectivity index (χ0) is 30.0. The molecular weight excluding hydrogens is 545 g/mol. The van der Waals surface area contributed by atoms with E-state index in [0.717, 1.165) is 30.9 Å². The molecule has 9 nitrogen and oxygen atoms in total. The van der Waals surface area contributed by atoms with Crippen LogP contribution >= 0.6 is 7.14 Å². The van der Waals surface area contributed by atoms with Crippen molar-refractivity contribution in [3.05, 3.63) is 60.6 Å². The van der Waals surface area contributed by atoms with Gasteiger partial charge >= 0.3 is 0 Å². The summed E-state index contributed by atoms with van der Waals surface area (Å²) in [4.78, 5) is 20.7. The Bertz CT molecular complexity index is 1670. The van der Waals surface area contributed by atoms with E-state index in [1.807, 2.05) is 12.1 Å². The van der Waals surface area contributed by atoms with Crippen LogP contribution in [-0.4, -0.2) is 53.5 Å². The molecule has 0 spiro atoms. The van der Waals surface area contributed by atoms with Crippen LogP contribution in [0.3, 0.4) is 0 Å². The van der Waals surface area contributed by atoms with Gasteiger partial charge in [0.15, 0.2) is 0 Å². The molecule has 2 aromatic heterocycles. The first-order valence-corrected chi connectivity index (χ1v) is 17.0. The predicted octanol–water partition coefficient (Wildman–Crippen LogP) is 6.85. The highest BCUT2D eigenvalue weighted by molar-refractivity contribution is 7.71. The molecule has 2 aromatic carbocycles. The van der Waals surface area contributed by atoms with Gasteiger partial charge in [-0.1, -0.05) is 33.4 Å². The van der Waals surface area contributed by atoms with E-state index in [1.165, 1.54) is 17.7 Å². The fourth-order valence-electron chi connectivity index (χ4n) is 5.63. The van der Waals surface area contributed by atoms with E-state index in [1.54, 1.807) is 45.1 Å². The lowest BCUT2D eigenvalue weighted by Crippen LogP contribution is -2.22. The van der Waals surface area contributed by atoms with E-state index in [0.29, 0.717) is 51.2 Å². The monoisotopic (exact) mass is 585 g/mol. The molecule has 3 heterocycles. The third kappa shape index (κ3) is 5.97. The first kappa shape index (κ1) is 29.5. The average Bonchev–Trinajstić information content (AvgIpc) is 3.47. The number of nitrogens with one attached hydrogen (secondary N) is 2. The van der Waals surface area contributed by atoms with Gasteiger partial charge in [0, 0.05) is 49.0 Å². The van der Waals surface area contributed by atoms with E-state index in [-0.39, 0.29) is 0 Å². The smallest absolute Gasteiger partial charge is 0.229 e. The lowest BCUT2D eigenvalue weighted by atomic mass is 9.95. The van der Waals surface area contributed by atoms with E-state index >= 15 is 0 Å². The molecule has 220 valence electrons. The van der Waals surface area contributed by atoms with Gasteiger partial charge in [0.25, 0.3) is 0 Å². The van der Waals surface area contributed by atoms with Crippen molar-refractivity contribution < 1.29 is 9.30 Å². The summed E-state index contributed by atoms with van der Waals surface area (Å²) in [5.74, 6) is 3.03. The highest BCUT2D eigenvalue weighted by Gasteiger charge is 2.27. The zero-order valence-corrected chi connectivity index (χ0v) is 26.2. The van der Waals surface area contributed by atoms with Gasteiger partial charge in [-0.2, -0.15) is 4.98 Å². The van der Waals surface area contributed by atoms with E-state index in [2.05, 4.69) is 70.0 Å². The Morgan fingerprint density at radius 3 is 2.60 bits per heavy atom. The lowest BCUT2D eigenvalue weighted by molar-refractivity contribution is 0.416. The van der Waals surface area contributed by atoms with E-state index in [9.17, 15) is 4.57 Å². The van der Waals surface area contributed by atoms with E-state index < -0.39 is 7.14 Å². The van der Waals surface area contributed by atoms with Crippen LogP contribution in [0.2, 0.25) is 0 Å². The van der Waals surface area contributed by atoms with Crippen LogP contribution in [0, 0.1) is 11.8 Å². The van der Waals surface area contributed by atoms with Crippen molar-refractivity contribution >= 4 is 58.4 Å². The topological polar surface area (TPSA) is 105 Å². The molecule has 4 aromatic rings. The number of hydrogen-bond acceptors (Lipinski definition) is 9. The van der Waals surface area contributed by atoms with Crippen molar-refractivity contribution in [2.24, 2.45) is 11.8 Å². The molecule has 1 aliphatic rings. The summed E-state index contributed by atoms with van der Waals surface area (Å²) in [6, 6.07) is 7.99. The van der Waals surface area contributed by atoms with Crippen LogP contribution in [-0.2, 0) is 11.0 Å². The molecule has 2 N–H and O–H groups in total. The third-order valence-corrected chi connectivity index (χ3v) is 9.51. The van der Waals surface area contributed by atoms with Crippen LogP contribution in [0.25, 0.3) is 17.1 Å². The summed E-state index contributed by atoms with van der Waals surface area (Å²) < 4.78 is 19.3. The maximum atomic E-state index is 13.4. The van der Waals surface area contributed by atoms with Crippen molar-refractivity contribution in [2.75, 3.05) is 49.1 Å². The summed E-state index contributed by atoms with van der Waals surface area (Å²) in [6.45, 7) is 16.3. The first-order chi connectivity index (χ1) is 20.1. The second-order valence-corrected chi connectivity index (χ2v) is 14.6. The molecule has 0 radical (unpaired) electrons. The summed E-state index contributed by atoms with van der Waals surface area (Å²) in [7, 11) is -1.06. The Hall–Kier alpha value is -3.97. The van der Waals surface area contributed by atoms with Crippen molar-refractivity contribution in [2.45, 2.75) is 33.6 Å². The second kappa shape index (κ2) is 12.1. The zero-order valence-electron chi connectivity index (χ0n) is 25.3. The summed E-state index contributed by atoms with van der Waals surface area (Å²) in [6.07, 6.45) is 8.74. The molecule has 42 heavy (non-hydrogen) atoms. The van der Waals surface area contributed by atoms with Gasteiger partial charge in [0.2, 0.25) is 5.95 Å². The molecule has 0 bridgehead atoms. The molecule has 10 heteroatoms. The van der Waals surface area contributed by atoms with Crippen LogP contribution in [0.1, 0.15) is 38.3 Å². The van der Waals surface area contributed by atoms with Crippen molar-refractivity contribution in [1.29, 1.82) is 0 Å². The quantitative estimate of drug-likeness (QED) is 0.193. The fraction of sp³-hybridized carbons (Fsp3) is 0.375. The van der Waals surface area contributed by atoms with Gasteiger partial charge in [-0.05, 0) is 61.8 Å². The van der Waals surface area contributed by atoms with Gasteiger partial charge in [0.05, 0.1) is 29.3 Å². The second-order valence-electron chi connectivity index (χ2n) is 11.5. The summed E-state index contributed by atoms with van der Waals surface area (Å²) in [5.41, 5.74) is 5.92. The van der Waals surface area contributed by atoms with Gasteiger partial charge < -0.3 is 24.8 Å². The number of aryl methyl sites for hydroxylation is 1. The van der Waals surface area contributed by atoms with E-state index in [4.69, 9.17) is 9.72 Å². The summed E-state index contributed by atoms with van der Waals surface area (Å²) >= 11 is 0. The largest absolute Gasteiger partial charge is 0.494 e. The SMILES string of the molecule is C=Cc1cnc(Nc2cc(CC)c(N3CCC(C(C)C)C3)cc2OC)nc1Nc1ccc2nccnc2c1P(C)(C)=O. The number of anilines is 5. The Labute approximate surface area is 248 Å². The number of ether oxygens (including phenoxy) is 1. The molecule has 1 saturated heterocycles. The predicted molar refractivity (Wildman–Crippen MR) is 175 cm³/mol. The van der Waals surface area contributed by atoms with Crippen molar-refractivity contribution in [3.63, 3.8) is 0 Å². The number of fused-ring (bicyclic) bond motifs is 1. The summed E-state index contributed by atoms with van der Waals surface area (Å²) in [5, 5.41) is 7.39. The van der Waals surface area contributed by atoms with Crippen LogP contribution in [0.4, 0.5) is 28.8 Å². The molecule has 1 unspecified atom stereocenters. The van der Waals surface area contributed by atoms with Crippen LogP contribution < -0.4 is 25.6 Å². The first-order valence-electron chi connectivity index (χ1n) is 14.4. The van der Waals surface area contributed by atoms with Crippen LogP contribution in [0.5, 0.6) is 5.75 Å². The Morgan fingerprint density at radius 1 is 1.14 bits per heavy atom. The fourth-order valence-corrected chi connectivity index (χ4v) is 7.02. The van der Waals surface area contributed by atoms with Gasteiger partial charge in [0.1, 0.15) is 24.2 Å². The number of nitrogens with zero attached hydrogens (tertiary/aromatic N) is 5. The lowest BCUT2D eigenvalue weighted by Gasteiger charge is -2.25. The molecule has 0 aliphatic carbocycles. The minimum atomic E-state index is -2.74. The maximum absolute atomic E-state index is 13.4. The molecule has 0 saturated carbocycles. The number of hydrogen-bond donors (Lipinski definition) is 2. The molecular formula is C32H40N7O2P. The Kier molecular flexibility index (Phi) is 8.50. The number of rotatable bonds is 10. The average molecular weight is 586 g/mol. The normalized spacial score (nSPS) is 15.3. The van der Waals surface area contributed by atoms with Crippen LogP contribution in [0.15, 0.2) is 49.4 Å². The molecule has 0 amide bonds. The van der Waals surface area contributed by atoms with Gasteiger partial charge in [-0.15, -0.1) is 0 Å². The number of aromatic nitrogens is 4. The Morgan fingerprint density at radius 2 is 1.93 bits per heavy atom. The van der Waals surface area contributed by atoms with Crippen molar-refractivity contribution in [3.8, 4) is 5.75 Å². The van der Waals surface area contributed by atoms with Gasteiger partial charge in [-0.3, -0.25) is 9.97 Å². The third-order valence-electron chi connectivity index (χ3n) is 7.98. The highest BCUT2D eigenvalue weighted by atomic mass is 31.2. The molecule has 5 rings (SSSR count). The van der Waals surface area contributed by atoms with Gasteiger partial charge in [-0.25, -0.2) is 4.98 Å².